The minimum Gasteiger partial charge on any atom is -0.481 e. The molecule has 2 atom stereocenters. The van der Waals surface area contributed by atoms with Crippen LogP contribution in [0, 0.1) is 0 Å². The Kier molecular flexibility index (Phi) is 5.42. The number of halogens is 2. The number of β-lactam (4-membered cyclic amide) rings is 1. The predicted octanol–water partition coefficient (Wildman–Crippen LogP) is 2.53. The lowest BCUT2D eigenvalue weighted by atomic mass is 9.80. The monoisotopic (exact) mass is 442 g/mol. The van der Waals surface area contributed by atoms with E-state index < -0.39 is 32.8 Å². The topological polar surface area (TPSA) is 104 Å². The van der Waals surface area contributed by atoms with Crippen LogP contribution >= 0.6 is 23.2 Å². The van der Waals surface area contributed by atoms with Crippen molar-refractivity contribution >= 4 is 45.1 Å². The number of nitrogens with one attached hydrogen (secondary N) is 1. The molecular weight excluding hydrogens is 427 g/mol. The molecule has 2 unspecified atom stereocenters. The van der Waals surface area contributed by atoms with Crippen molar-refractivity contribution in [2.24, 2.45) is 0 Å². The molecule has 148 valence electrons. The first-order valence-corrected chi connectivity index (χ1v) is 10.4. The molecule has 0 aliphatic carbocycles. The maximum Gasteiger partial charge on any atom is 0.307 e. The van der Waals surface area contributed by atoms with E-state index in [1.54, 1.807) is 31.2 Å². The van der Waals surface area contributed by atoms with Crippen molar-refractivity contribution in [2.75, 3.05) is 0 Å². The first-order valence-electron chi connectivity index (χ1n) is 8.13. The van der Waals surface area contributed by atoms with Crippen molar-refractivity contribution in [3.8, 4) is 0 Å². The Balaban J connectivity index is 1.87. The van der Waals surface area contributed by atoms with Crippen LogP contribution < -0.4 is 4.83 Å². The highest BCUT2D eigenvalue weighted by molar-refractivity contribution is 7.89. The summed E-state index contributed by atoms with van der Waals surface area (Å²) in [5.41, 5.74) is -0.0196. The number of aliphatic carboxylic acids is 1. The molecule has 2 aromatic rings. The Morgan fingerprint density at radius 3 is 2.29 bits per heavy atom. The molecule has 1 fully saturated rings. The van der Waals surface area contributed by atoms with Gasteiger partial charge in [0.25, 0.3) is 15.9 Å². The Morgan fingerprint density at radius 1 is 1.18 bits per heavy atom. The Morgan fingerprint density at radius 2 is 1.75 bits per heavy atom. The van der Waals surface area contributed by atoms with Crippen molar-refractivity contribution in [2.45, 2.75) is 29.2 Å². The molecule has 2 aromatic carbocycles. The predicted molar refractivity (Wildman–Crippen MR) is 103 cm³/mol. The van der Waals surface area contributed by atoms with E-state index in [0.29, 0.717) is 16.1 Å². The van der Waals surface area contributed by atoms with Gasteiger partial charge in [0, 0.05) is 5.02 Å². The van der Waals surface area contributed by atoms with Crippen LogP contribution in [0.4, 0.5) is 0 Å². The normalized spacial score (nSPS) is 22.0. The van der Waals surface area contributed by atoms with Crippen LogP contribution in [0.5, 0.6) is 0 Å². The molecule has 0 saturated carbocycles. The van der Waals surface area contributed by atoms with E-state index in [-0.39, 0.29) is 11.3 Å². The minimum atomic E-state index is -4.09. The summed E-state index contributed by atoms with van der Waals surface area (Å²) in [4.78, 5) is 25.2. The molecular formula is C18H16Cl2N2O5S. The lowest BCUT2D eigenvalue weighted by Gasteiger charge is -2.52. The highest BCUT2D eigenvalue weighted by Crippen LogP contribution is 2.44. The number of hydrogen-bond donors (Lipinski definition) is 2. The third-order valence-electron chi connectivity index (χ3n) is 4.62. The van der Waals surface area contributed by atoms with Gasteiger partial charge in [0.05, 0.1) is 11.3 Å². The van der Waals surface area contributed by atoms with Gasteiger partial charge in [0.1, 0.15) is 10.9 Å². The molecule has 7 nitrogen and oxygen atoms in total. The van der Waals surface area contributed by atoms with Crippen molar-refractivity contribution in [1.82, 2.24) is 9.84 Å². The van der Waals surface area contributed by atoms with Gasteiger partial charge >= 0.3 is 5.97 Å². The lowest BCUT2D eigenvalue weighted by Crippen LogP contribution is -2.73. The summed E-state index contributed by atoms with van der Waals surface area (Å²) in [5, 5.41) is 9.32. The molecule has 1 saturated heterocycles. The number of alkyl halides is 1. The summed E-state index contributed by atoms with van der Waals surface area (Å²) in [6.45, 7) is 1.65. The lowest BCUT2D eigenvalue weighted by molar-refractivity contribution is -0.158. The third kappa shape index (κ3) is 3.60. The maximum atomic E-state index is 12.7. The molecule has 0 radical (unpaired) electrons. The largest absolute Gasteiger partial charge is 0.481 e. The number of rotatable bonds is 6. The van der Waals surface area contributed by atoms with Crippen LogP contribution in [0.1, 0.15) is 18.1 Å². The maximum absolute atomic E-state index is 12.7. The van der Waals surface area contributed by atoms with Gasteiger partial charge in [-0.15, -0.1) is 16.4 Å². The number of carbonyl (C=O) groups excluding carboxylic acids is 1. The van der Waals surface area contributed by atoms with E-state index in [1.165, 1.54) is 24.3 Å². The van der Waals surface area contributed by atoms with Gasteiger partial charge in [-0.05, 0) is 42.3 Å². The molecule has 0 bridgehead atoms. The first kappa shape index (κ1) is 20.6. The van der Waals surface area contributed by atoms with Gasteiger partial charge in [-0.1, -0.05) is 35.9 Å². The summed E-state index contributed by atoms with van der Waals surface area (Å²) in [5.74, 6) is -1.60. The van der Waals surface area contributed by atoms with E-state index in [9.17, 15) is 18.0 Å². The zero-order chi connectivity index (χ0) is 20.7. The minimum absolute atomic E-state index is 0.106. The van der Waals surface area contributed by atoms with Crippen molar-refractivity contribution in [1.29, 1.82) is 0 Å². The van der Waals surface area contributed by atoms with Crippen LogP contribution in [0.2, 0.25) is 5.02 Å². The van der Waals surface area contributed by atoms with Crippen LogP contribution in [-0.4, -0.2) is 35.8 Å². The summed E-state index contributed by atoms with van der Waals surface area (Å²) in [6, 6.07) is 12.0. The van der Waals surface area contributed by atoms with E-state index in [2.05, 4.69) is 4.83 Å². The smallest absolute Gasteiger partial charge is 0.307 e. The fourth-order valence-corrected chi connectivity index (χ4v) is 4.53. The molecule has 0 aromatic heterocycles. The number of hydrogen-bond acceptors (Lipinski definition) is 4. The number of nitrogens with zero attached hydrogens (tertiary/aromatic N) is 1. The second-order valence-corrected chi connectivity index (χ2v) is 9.03. The number of amides is 1. The number of carboxylic acids is 1. The van der Waals surface area contributed by atoms with Gasteiger partial charge in [-0.25, -0.2) is 8.42 Å². The molecule has 1 aliphatic heterocycles. The molecule has 1 heterocycles. The summed E-state index contributed by atoms with van der Waals surface area (Å²) in [6.07, 6.45) is -0.221. The molecule has 28 heavy (non-hydrogen) atoms. The Labute approximate surface area is 171 Å². The standard InChI is InChI=1S/C18H16Cl2N2O5S/c1-18(12-4-6-13(19)7-5-12)16(20)17(25)22(18)21-28(26,27)14-8-2-11(3-9-14)10-15(23)24/h2-9,16,21H,10H2,1H3,(H,23,24). The van der Waals surface area contributed by atoms with Crippen LogP contribution in [0.3, 0.4) is 0 Å². The van der Waals surface area contributed by atoms with Crippen LogP contribution in [0.25, 0.3) is 0 Å². The SMILES string of the molecule is CC1(c2ccc(Cl)cc2)C(Cl)C(=O)N1NS(=O)(=O)c1ccc(CC(=O)O)cc1. The number of hydrazine groups is 1. The number of carboxylic acid groups (broad SMARTS) is 1. The second-order valence-electron chi connectivity index (χ2n) is 6.50. The highest BCUT2D eigenvalue weighted by atomic mass is 35.5. The van der Waals surface area contributed by atoms with E-state index in [0.717, 1.165) is 5.01 Å². The fraction of sp³-hybridized carbons (Fsp3) is 0.222. The first-order chi connectivity index (χ1) is 13.1. The number of benzene rings is 2. The third-order valence-corrected chi connectivity index (χ3v) is 6.80. The van der Waals surface area contributed by atoms with E-state index in [4.69, 9.17) is 28.3 Å². The highest BCUT2D eigenvalue weighted by Gasteiger charge is 2.59. The van der Waals surface area contributed by atoms with Crippen molar-refractivity contribution < 1.29 is 23.1 Å². The zero-order valence-corrected chi connectivity index (χ0v) is 16.9. The summed E-state index contributed by atoms with van der Waals surface area (Å²) in [7, 11) is -4.09. The van der Waals surface area contributed by atoms with Gasteiger partial charge in [-0.2, -0.15) is 0 Å². The quantitative estimate of drug-likeness (QED) is 0.528. The Bertz CT molecular complexity index is 1020. The number of sulfonamides is 1. The van der Waals surface area contributed by atoms with Crippen molar-refractivity contribution in [3.05, 3.63) is 64.7 Å². The van der Waals surface area contributed by atoms with Crippen molar-refractivity contribution in [3.63, 3.8) is 0 Å². The zero-order valence-electron chi connectivity index (χ0n) is 14.6. The molecule has 1 amide bonds. The second kappa shape index (κ2) is 7.36. The summed E-state index contributed by atoms with van der Waals surface area (Å²) < 4.78 is 25.4. The van der Waals surface area contributed by atoms with E-state index in [1.807, 2.05) is 0 Å². The Hall–Kier alpha value is -2.13. The van der Waals surface area contributed by atoms with Gasteiger partial charge in [0.2, 0.25) is 0 Å². The van der Waals surface area contributed by atoms with Gasteiger partial charge < -0.3 is 5.11 Å². The fourth-order valence-electron chi connectivity index (χ4n) is 2.97. The van der Waals surface area contributed by atoms with Crippen LogP contribution in [-0.2, 0) is 31.6 Å². The summed E-state index contributed by atoms with van der Waals surface area (Å²) >= 11 is 12.1. The van der Waals surface area contributed by atoms with E-state index >= 15 is 0 Å². The molecule has 2 N–H and O–H groups in total. The number of carbonyl (C=O) groups is 2. The van der Waals surface area contributed by atoms with Crippen LogP contribution in [0.15, 0.2) is 53.4 Å². The molecule has 10 heteroatoms. The molecule has 1 aliphatic rings. The molecule has 0 spiro atoms. The average molecular weight is 443 g/mol. The molecule has 3 rings (SSSR count). The van der Waals surface area contributed by atoms with Gasteiger partial charge in [0.15, 0.2) is 0 Å². The van der Waals surface area contributed by atoms with Gasteiger partial charge in [-0.3, -0.25) is 14.6 Å². The average Bonchev–Trinajstić information content (AvgIpc) is 2.65.